The molecule has 1 nitrogen and oxygen atoms in total. The molecule has 0 amide bonds. The first-order chi connectivity index (χ1) is 6.34. The Morgan fingerprint density at radius 1 is 1.38 bits per heavy atom. The molecule has 0 saturated heterocycles. The number of hydrogen-bond donors (Lipinski definition) is 0. The second-order valence-corrected chi connectivity index (χ2v) is 5.19. The zero-order valence-electron chi connectivity index (χ0n) is 7.51. The molecule has 0 aromatic carbocycles. The molecule has 2 aliphatic rings. The van der Waals surface area contributed by atoms with Gasteiger partial charge in [-0.05, 0) is 43.7 Å². The third kappa shape index (κ3) is 1.24. The van der Waals surface area contributed by atoms with Crippen LogP contribution in [-0.2, 0) is 12.8 Å². The number of rotatable bonds is 2. The molecule has 68 valence electrons. The van der Waals surface area contributed by atoms with Gasteiger partial charge in [0.15, 0.2) is 5.78 Å². The van der Waals surface area contributed by atoms with E-state index in [1.807, 2.05) is 0 Å². The fourth-order valence-corrected chi connectivity index (χ4v) is 3.27. The molecule has 0 aliphatic heterocycles. The lowest BCUT2D eigenvalue weighted by atomic mass is 10.2. The highest BCUT2D eigenvalue weighted by Crippen LogP contribution is 2.37. The lowest BCUT2D eigenvalue weighted by molar-refractivity contribution is 0.0971. The van der Waals surface area contributed by atoms with Gasteiger partial charge in [-0.1, -0.05) is 0 Å². The van der Waals surface area contributed by atoms with Crippen molar-refractivity contribution >= 4 is 17.1 Å². The van der Waals surface area contributed by atoms with E-state index in [2.05, 4.69) is 6.07 Å². The van der Waals surface area contributed by atoms with Gasteiger partial charge < -0.3 is 0 Å². The molecular weight excluding hydrogens is 180 g/mol. The van der Waals surface area contributed by atoms with Crippen LogP contribution in [0.1, 0.15) is 39.4 Å². The quantitative estimate of drug-likeness (QED) is 0.658. The molecular formula is C11H12OS. The minimum absolute atomic E-state index is 0.388. The Labute approximate surface area is 81.8 Å². The Kier molecular flexibility index (Phi) is 1.59. The predicted molar refractivity (Wildman–Crippen MR) is 53.4 cm³/mol. The SMILES string of the molecule is O=C(c1cc2c(s1)CCC2)C1CC1. The van der Waals surface area contributed by atoms with Crippen molar-refractivity contribution in [2.24, 2.45) is 5.92 Å². The average Bonchev–Trinajstić information content (AvgIpc) is 2.73. The van der Waals surface area contributed by atoms with Crippen LogP contribution in [0, 0.1) is 5.92 Å². The molecule has 0 N–H and O–H groups in total. The van der Waals surface area contributed by atoms with Gasteiger partial charge in [-0.3, -0.25) is 4.79 Å². The first-order valence-corrected chi connectivity index (χ1v) is 5.82. The summed E-state index contributed by atoms with van der Waals surface area (Å²) in [6.07, 6.45) is 5.95. The van der Waals surface area contributed by atoms with E-state index in [1.54, 1.807) is 11.3 Å². The largest absolute Gasteiger partial charge is 0.293 e. The van der Waals surface area contributed by atoms with Gasteiger partial charge in [0.05, 0.1) is 4.88 Å². The van der Waals surface area contributed by atoms with Gasteiger partial charge in [-0.25, -0.2) is 0 Å². The summed E-state index contributed by atoms with van der Waals surface area (Å²) in [6.45, 7) is 0. The van der Waals surface area contributed by atoms with Crippen molar-refractivity contribution in [2.45, 2.75) is 32.1 Å². The van der Waals surface area contributed by atoms with Crippen LogP contribution in [0.5, 0.6) is 0 Å². The maximum Gasteiger partial charge on any atom is 0.175 e. The van der Waals surface area contributed by atoms with E-state index in [1.165, 1.54) is 29.7 Å². The number of hydrogen-bond acceptors (Lipinski definition) is 2. The molecule has 1 fully saturated rings. The highest BCUT2D eigenvalue weighted by atomic mass is 32.1. The van der Waals surface area contributed by atoms with E-state index in [-0.39, 0.29) is 0 Å². The predicted octanol–water partition coefficient (Wildman–Crippen LogP) is 2.83. The van der Waals surface area contributed by atoms with Gasteiger partial charge in [0.2, 0.25) is 0 Å². The van der Waals surface area contributed by atoms with Crippen LogP contribution in [0.15, 0.2) is 6.07 Å². The van der Waals surface area contributed by atoms with Crippen LogP contribution < -0.4 is 0 Å². The lowest BCUT2D eigenvalue weighted by Crippen LogP contribution is -1.97. The number of thiophene rings is 1. The van der Waals surface area contributed by atoms with E-state index in [9.17, 15) is 4.79 Å². The van der Waals surface area contributed by atoms with E-state index in [0.29, 0.717) is 11.7 Å². The van der Waals surface area contributed by atoms with Crippen LogP contribution >= 0.6 is 11.3 Å². The highest BCUT2D eigenvalue weighted by Gasteiger charge is 2.32. The van der Waals surface area contributed by atoms with E-state index in [4.69, 9.17) is 0 Å². The summed E-state index contributed by atoms with van der Waals surface area (Å²) in [5.41, 5.74) is 1.45. The third-order valence-electron chi connectivity index (χ3n) is 2.94. The summed E-state index contributed by atoms with van der Waals surface area (Å²) in [6, 6.07) is 2.15. The van der Waals surface area contributed by atoms with Crippen molar-refractivity contribution in [3.63, 3.8) is 0 Å². The molecule has 1 aromatic heterocycles. The molecule has 1 heterocycles. The van der Waals surface area contributed by atoms with Crippen molar-refractivity contribution < 1.29 is 4.79 Å². The van der Waals surface area contributed by atoms with Crippen molar-refractivity contribution in [2.75, 3.05) is 0 Å². The Morgan fingerprint density at radius 2 is 2.23 bits per heavy atom. The van der Waals surface area contributed by atoms with Crippen molar-refractivity contribution in [1.82, 2.24) is 0 Å². The maximum atomic E-state index is 11.7. The Balaban J connectivity index is 1.92. The lowest BCUT2D eigenvalue weighted by Gasteiger charge is -1.91. The monoisotopic (exact) mass is 192 g/mol. The number of fused-ring (bicyclic) bond motifs is 1. The van der Waals surface area contributed by atoms with Crippen molar-refractivity contribution in [1.29, 1.82) is 0 Å². The van der Waals surface area contributed by atoms with Crippen molar-refractivity contribution in [3.8, 4) is 0 Å². The zero-order chi connectivity index (χ0) is 8.84. The average molecular weight is 192 g/mol. The zero-order valence-corrected chi connectivity index (χ0v) is 8.32. The van der Waals surface area contributed by atoms with Crippen molar-refractivity contribution in [3.05, 3.63) is 21.4 Å². The van der Waals surface area contributed by atoms with Gasteiger partial charge >= 0.3 is 0 Å². The van der Waals surface area contributed by atoms with Gasteiger partial charge in [0, 0.05) is 10.8 Å². The third-order valence-corrected chi connectivity index (χ3v) is 4.19. The second kappa shape index (κ2) is 2.68. The molecule has 3 rings (SSSR count). The van der Waals surface area contributed by atoms with Crippen LogP contribution in [0.25, 0.3) is 0 Å². The minimum atomic E-state index is 0.388. The number of ketones is 1. The van der Waals surface area contributed by atoms with E-state index >= 15 is 0 Å². The molecule has 2 heteroatoms. The smallest absolute Gasteiger partial charge is 0.175 e. The first-order valence-electron chi connectivity index (χ1n) is 5.00. The molecule has 0 atom stereocenters. The van der Waals surface area contributed by atoms with Crippen LogP contribution in [-0.4, -0.2) is 5.78 Å². The van der Waals surface area contributed by atoms with Crippen LogP contribution in [0.2, 0.25) is 0 Å². The topological polar surface area (TPSA) is 17.1 Å². The molecule has 0 bridgehead atoms. The summed E-state index contributed by atoms with van der Waals surface area (Å²) in [5.74, 6) is 0.804. The fourth-order valence-electron chi connectivity index (χ4n) is 2.00. The molecule has 0 unspecified atom stereocenters. The minimum Gasteiger partial charge on any atom is -0.293 e. The summed E-state index contributed by atoms with van der Waals surface area (Å²) in [5, 5.41) is 0. The fraction of sp³-hybridized carbons (Fsp3) is 0.545. The Morgan fingerprint density at radius 3 is 2.92 bits per heavy atom. The number of carbonyl (C=O) groups excluding carboxylic acids is 1. The Bertz CT molecular complexity index is 339. The molecule has 2 aliphatic carbocycles. The van der Waals surface area contributed by atoms with Gasteiger partial charge in [0.25, 0.3) is 0 Å². The second-order valence-electron chi connectivity index (χ2n) is 4.05. The van der Waals surface area contributed by atoms with E-state index in [0.717, 1.165) is 17.7 Å². The molecule has 1 aromatic rings. The maximum absolute atomic E-state index is 11.7. The highest BCUT2D eigenvalue weighted by molar-refractivity contribution is 7.14. The van der Waals surface area contributed by atoms with Gasteiger partial charge in [-0.2, -0.15) is 0 Å². The van der Waals surface area contributed by atoms with Crippen LogP contribution in [0.4, 0.5) is 0 Å². The first kappa shape index (κ1) is 7.74. The molecule has 0 spiro atoms. The van der Waals surface area contributed by atoms with Crippen LogP contribution in [0.3, 0.4) is 0 Å². The Hall–Kier alpha value is -0.630. The van der Waals surface area contributed by atoms with Gasteiger partial charge in [0.1, 0.15) is 0 Å². The normalized spacial score (nSPS) is 20.3. The van der Waals surface area contributed by atoms with Gasteiger partial charge in [-0.15, -0.1) is 11.3 Å². The van der Waals surface area contributed by atoms with E-state index < -0.39 is 0 Å². The standard InChI is InChI=1S/C11H12OS/c12-11(7-4-5-7)10-6-8-2-1-3-9(8)13-10/h6-7H,1-5H2. The number of carbonyl (C=O) groups is 1. The molecule has 1 saturated carbocycles. The molecule has 0 radical (unpaired) electrons. The summed E-state index contributed by atoms with van der Waals surface area (Å²) in [4.78, 5) is 14.2. The summed E-state index contributed by atoms with van der Waals surface area (Å²) in [7, 11) is 0. The summed E-state index contributed by atoms with van der Waals surface area (Å²) >= 11 is 1.75. The summed E-state index contributed by atoms with van der Waals surface area (Å²) < 4.78 is 0. The number of aryl methyl sites for hydroxylation is 2. The number of Topliss-reactive ketones (excluding diaryl/α,β-unsaturated/α-hetero) is 1. The molecule has 13 heavy (non-hydrogen) atoms.